The Balaban J connectivity index is 2.04. The molecule has 1 aliphatic rings. The van der Waals surface area contributed by atoms with E-state index < -0.39 is 0 Å². The van der Waals surface area contributed by atoms with Crippen LogP contribution in [0, 0.1) is 11.8 Å². The van der Waals surface area contributed by atoms with Crippen molar-refractivity contribution >= 4 is 11.8 Å². The number of ether oxygens (including phenoxy) is 1. The van der Waals surface area contributed by atoms with Crippen molar-refractivity contribution in [3.8, 4) is 0 Å². The third-order valence-electron chi connectivity index (χ3n) is 3.75. The summed E-state index contributed by atoms with van der Waals surface area (Å²) in [6.07, 6.45) is 6.14. The Labute approximate surface area is 119 Å². The van der Waals surface area contributed by atoms with Crippen molar-refractivity contribution in [1.29, 1.82) is 0 Å². The van der Waals surface area contributed by atoms with E-state index in [-0.39, 0.29) is 5.44 Å². The molecular weight excluding hydrogens is 258 g/mol. The number of rotatable bonds is 5. The van der Waals surface area contributed by atoms with Crippen molar-refractivity contribution in [2.24, 2.45) is 11.8 Å². The number of hydrogen-bond acceptors (Lipinski definition) is 5. The van der Waals surface area contributed by atoms with Crippen LogP contribution in [0.4, 0.5) is 0 Å². The molecule has 1 aliphatic heterocycles. The first-order valence-electron chi connectivity index (χ1n) is 6.98. The third-order valence-corrected chi connectivity index (χ3v) is 4.94. The molecule has 0 saturated carbocycles. The zero-order valence-corrected chi connectivity index (χ0v) is 12.7. The summed E-state index contributed by atoms with van der Waals surface area (Å²) in [4.78, 5) is 8.57. The van der Waals surface area contributed by atoms with Gasteiger partial charge in [0.25, 0.3) is 0 Å². The molecule has 0 aliphatic carbocycles. The smallest absolute Gasteiger partial charge is 0.190 e. The summed E-state index contributed by atoms with van der Waals surface area (Å²) < 4.78 is 6.18. The van der Waals surface area contributed by atoms with Gasteiger partial charge < -0.3 is 10.1 Å². The van der Waals surface area contributed by atoms with Gasteiger partial charge in [-0.15, -0.1) is 0 Å². The van der Waals surface area contributed by atoms with Crippen LogP contribution in [0.2, 0.25) is 0 Å². The van der Waals surface area contributed by atoms with E-state index >= 15 is 0 Å². The monoisotopic (exact) mass is 281 g/mol. The van der Waals surface area contributed by atoms with Crippen molar-refractivity contribution in [2.75, 3.05) is 13.6 Å². The molecule has 2 rings (SSSR count). The highest BCUT2D eigenvalue weighted by molar-refractivity contribution is 7.99. The second kappa shape index (κ2) is 7.22. The highest BCUT2D eigenvalue weighted by Gasteiger charge is 2.35. The lowest BCUT2D eigenvalue weighted by Crippen LogP contribution is -2.41. The molecule has 1 aromatic heterocycles. The SMILES string of the molecule is CCC1C[C@H](CNC)C(C)C(Sc2ncccn2)O1. The molecule has 2 heterocycles. The quantitative estimate of drug-likeness (QED) is 0.841. The van der Waals surface area contributed by atoms with E-state index in [2.05, 4.69) is 29.1 Å². The van der Waals surface area contributed by atoms with Gasteiger partial charge in [0.15, 0.2) is 5.16 Å². The standard InChI is InChI=1S/C14H23N3OS/c1-4-12-8-11(9-15-3)10(2)13(18-12)19-14-16-6-5-7-17-14/h5-7,10-13,15H,4,8-9H2,1-3H3/t10?,11-,12?,13?/m1/s1. The van der Waals surface area contributed by atoms with Gasteiger partial charge in [0.1, 0.15) is 5.44 Å². The van der Waals surface area contributed by atoms with E-state index in [1.165, 1.54) is 0 Å². The maximum atomic E-state index is 6.18. The molecule has 0 spiro atoms. The molecule has 1 N–H and O–H groups in total. The lowest BCUT2D eigenvalue weighted by Gasteiger charge is -2.39. The first kappa shape index (κ1) is 14.8. The molecule has 1 fully saturated rings. The van der Waals surface area contributed by atoms with Gasteiger partial charge in [0.2, 0.25) is 0 Å². The summed E-state index contributed by atoms with van der Waals surface area (Å²) in [6, 6.07) is 1.84. The van der Waals surface area contributed by atoms with Crippen molar-refractivity contribution in [3.05, 3.63) is 18.5 Å². The second-order valence-electron chi connectivity index (χ2n) is 5.10. The molecule has 0 bridgehead atoms. The number of hydrogen-bond donors (Lipinski definition) is 1. The van der Waals surface area contributed by atoms with Crippen LogP contribution in [-0.2, 0) is 4.74 Å². The lowest BCUT2D eigenvalue weighted by atomic mass is 9.86. The van der Waals surface area contributed by atoms with Gasteiger partial charge in [-0.3, -0.25) is 0 Å². The van der Waals surface area contributed by atoms with Crippen molar-refractivity contribution in [1.82, 2.24) is 15.3 Å². The fourth-order valence-electron chi connectivity index (χ4n) is 2.52. The molecule has 1 aromatic rings. The van der Waals surface area contributed by atoms with Crippen LogP contribution in [0.1, 0.15) is 26.7 Å². The average molecular weight is 281 g/mol. The molecule has 4 nitrogen and oxygen atoms in total. The fourth-order valence-corrected chi connectivity index (χ4v) is 3.62. The maximum Gasteiger partial charge on any atom is 0.190 e. The zero-order chi connectivity index (χ0) is 13.7. The zero-order valence-electron chi connectivity index (χ0n) is 11.9. The summed E-state index contributed by atoms with van der Waals surface area (Å²) in [5.74, 6) is 1.16. The van der Waals surface area contributed by atoms with E-state index in [1.807, 2.05) is 13.1 Å². The van der Waals surface area contributed by atoms with Crippen molar-refractivity contribution in [3.63, 3.8) is 0 Å². The molecule has 19 heavy (non-hydrogen) atoms. The Kier molecular flexibility index (Phi) is 5.60. The molecule has 1 saturated heterocycles. The predicted molar refractivity (Wildman–Crippen MR) is 78.0 cm³/mol. The van der Waals surface area contributed by atoms with Gasteiger partial charge in [-0.05, 0) is 44.3 Å². The van der Waals surface area contributed by atoms with Gasteiger partial charge in [-0.2, -0.15) is 0 Å². The molecule has 5 heteroatoms. The molecular formula is C14H23N3OS. The molecule has 4 atom stereocenters. The molecule has 0 radical (unpaired) electrons. The number of nitrogens with one attached hydrogen (secondary N) is 1. The molecule has 0 amide bonds. The summed E-state index contributed by atoms with van der Waals surface area (Å²) >= 11 is 1.65. The number of aromatic nitrogens is 2. The highest BCUT2D eigenvalue weighted by Crippen LogP contribution is 2.38. The minimum Gasteiger partial charge on any atom is -0.364 e. The topological polar surface area (TPSA) is 47.0 Å². The summed E-state index contributed by atoms with van der Waals surface area (Å²) in [5, 5.41) is 4.11. The molecule has 3 unspecified atom stereocenters. The Morgan fingerprint density at radius 3 is 2.79 bits per heavy atom. The van der Waals surface area contributed by atoms with Gasteiger partial charge in [0, 0.05) is 12.4 Å². The van der Waals surface area contributed by atoms with Crippen LogP contribution in [0.5, 0.6) is 0 Å². The largest absolute Gasteiger partial charge is 0.364 e. The minimum absolute atomic E-state index is 0.152. The predicted octanol–water partition coefficient (Wildman–Crippen LogP) is 2.57. The van der Waals surface area contributed by atoms with E-state index in [0.29, 0.717) is 17.9 Å². The Morgan fingerprint density at radius 2 is 2.16 bits per heavy atom. The first-order valence-corrected chi connectivity index (χ1v) is 7.86. The second-order valence-corrected chi connectivity index (χ2v) is 6.16. The van der Waals surface area contributed by atoms with Gasteiger partial charge >= 0.3 is 0 Å². The van der Waals surface area contributed by atoms with E-state index in [1.54, 1.807) is 24.2 Å². The van der Waals surface area contributed by atoms with Crippen LogP contribution < -0.4 is 5.32 Å². The molecule has 106 valence electrons. The fraction of sp³-hybridized carbons (Fsp3) is 0.714. The van der Waals surface area contributed by atoms with Crippen molar-refractivity contribution < 1.29 is 4.74 Å². The highest BCUT2D eigenvalue weighted by atomic mass is 32.2. The maximum absolute atomic E-state index is 6.18. The van der Waals surface area contributed by atoms with Gasteiger partial charge in [-0.1, -0.05) is 25.6 Å². The van der Waals surface area contributed by atoms with E-state index in [0.717, 1.165) is 24.5 Å². The normalized spacial score (nSPS) is 31.3. The van der Waals surface area contributed by atoms with Crippen LogP contribution in [0.25, 0.3) is 0 Å². The van der Waals surface area contributed by atoms with Gasteiger partial charge in [0.05, 0.1) is 6.10 Å². The minimum atomic E-state index is 0.152. The summed E-state index contributed by atoms with van der Waals surface area (Å²) in [6.45, 7) is 5.51. The first-order chi connectivity index (χ1) is 9.24. The number of thioether (sulfide) groups is 1. The van der Waals surface area contributed by atoms with E-state index in [9.17, 15) is 0 Å². The number of nitrogens with zero attached hydrogens (tertiary/aromatic N) is 2. The van der Waals surface area contributed by atoms with Crippen LogP contribution in [-0.4, -0.2) is 35.1 Å². The Bertz CT molecular complexity index is 376. The Morgan fingerprint density at radius 1 is 1.42 bits per heavy atom. The van der Waals surface area contributed by atoms with Gasteiger partial charge in [-0.25, -0.2) is 9.97 Å². The third kappa shape index (κ3) is 3.91. The average Bonchev–Trinajstić information content (AvgIpc) is 2.44. The van der Waals surface area contributed by atoms with E-state index in [4.69, 9.17) is 4.74 Å². The van der Waals surface area contributed by atoms with Crippen LogP contribution in [0.15, 0.2) is 23.6 Å². The van der Waals surface area contributed by atoms with Crippen molar-refractivity contribution in [2.45, 2.75) is 43.4 Å². The summed E-state index contributed by atoms with van der Waals surface area (Å²) in [5.41, 5.74) is 0.152. The van der Waals surface area contributed by atoms with Crippen LogP contribution >= 0.6 is 11.8 Å². The molecule has 0 aromatic carbocycles. The summed E-state index contributed by atoms with van der Waals surface area (Å²) in [7, 11) is 2.02. The lowest BCUT2D eigenvalue weighted by molar-refractivity contribution is -0.0609. The van der Waals surface area contributed by atoms with Crippen LogP contribution in [0.3, 0.4) is 0 Å². The Hall–Kier alpha value is -0.650.